The van der Waals surface area contributed by atoms with Crippen LogP contribution in [0.1, 0.15) is 10.5 Å². The highest BCUT2D eigenvalue weighted by atomic mass is 32.1. The van der Waals surface area contributed by atoms with E-state index in [1.54, 1.807) is 13.2 Å². The Bertz CT molecular complexity index is 267. The lowest BCUT2D eigenvalue weighted by molar-refractivity contribution is 0.0686. The molecule has 3 nitrogen and oxygen atoms in total. The predicted molar refractivity (Wildman–Crippen MR) is 39.6 cm³/mol. The van der Waals surface area contributed by atoms with Gasteiger partial charge in [0.1, 0.15) is 5.69 Å². The van der Waals surface area contributed by atoms with Crippen molar-refractivity contribution < 1.29 is 9.90 Å². The molecule has 0 spiro atoms. The maximum atomic E-state index is 10.4. The Hall–Kier alpha value is -0.900. The zero-order valence-corrected chi connectivity index (χ0v) is 6.30. The molecule has 0 radical (unpaired) electrons. The molecule has 10 heavy (non-hydrogen) atoms. The second-order valence-electron chi connectivity index (χ2n) is 2.00. The number of carboxylic acids is 1. The molecule has 0 amide bonds. The fraction of sp³-hybridized carbons (Fsp3) is 0.167. The second-order valence-corrected chi connectivity index (χ2v) is 2.52. The summed E-state index contributed by atoms with van der Waals surface area (Å²) in [6, 6.07) is 1.51. The van der Waals surface area contributed by atoms with Crippen molar-refractivity contribution in [3.63, 3.8) is 0 Å². The lowest BCUT2D eigenvalue weighted by Gasteiger charge is -1.92. The van der Waals surface area contributed by atoms with Gasteiger partial charge in [-0.2, -0.15) is 0 Å². The average Bonchev–Trinajstić information content (AvgIpc) is 2.10. The van der Waals surface area contributed by atoms with Gasteiger partial charge >= 0.3 is 5.97 Å². The summed E-state index contributed by atoms with van der Waals surface area (Å²) < 4.78 is 1.52. The average molecular weight is 157 g/mol. The molecule has 1 N–H and O–H groups in total. The highest BCUT2D eigenvalue weighted by Crippen LogP contribution is 2.09. The number of rotatable bonds is 1. The molecular formula is C6H7NO2S. The molecule has 1 heterocycles. The van der Waals surface area contributed by atoms with Crippen LogP contribution in [0.15, 0.2) is 17.2 Å². The number of thiol groups is 1. The lowest BCUT2D eigenvalue weighted by Crippen LogP contribution is -2.02. The second kappa shape index (κ2) is 2.38. The van der Waals surface area contributed by atoms with Crippen LogP contribution in [0, 0.1) is 0 Å². The minimum absolute atomic E-state index is 0.255. The summed E-state index contributed by atoms with van der Waals surface area (Å²) in [4.78, 5) is 11.0. The first kappa shape index (κ1) is 7.21. The van der Waals surface area contributed by atoms with Crippen LogP contribution in [0.2, 0.25) is 0 Å². The van der Waals surface area contributed by atoms with Gasteiger partial charge in [-0.3, -0.25) is 0 Å². The molecule has 4 heteroatoms. The van der Waals surface area contributed by atoms with E-state index < -0.39 is 5.97 Å². The molecule has 1 aromatic rings. The first-order valence-electron chi connectivity index (χ1n) is 2.70. The number of hydrogen-bond donors (Lipinski definition) is 2. The monoisotopic (exact) mass is 157 g/mol. The topological polar surface area (TPSA) is 42.2 Å². The molecule has 0 aliphatic rings. The van der Waals surface area contributed by atoms with Gasteiger partial charge in [-0.15, -0.1) is 12.6 Å². The summed E-state index contributed by atoms with van der Waals surface area (Å²) in [5.41, 5.74) is 0.255. The van der Waals surface area contributed by atoms with E-state index in [9.17, 15) is 4.79 Å². The number of aryl methyl sites for hydroxylation is 1. The van der Waals surface area contributed by atoms with Crippen molar-refractivity contribution in [3.05, 3.63) is 18.0 Å². The van der Waals surface area contributed by atoms with Gasteiger partial charge in [0, 0.05) is 18.1 Å². The van der Waals surface area contributed by atoms with Crippen molar-refractivity contribution in [1.29, 1.82) is 0 Å². The molecular weight excluding hydrogens is 150 g/mol. The Kier molecular flexibility index (Phi) is 1.72. The summed E-state index contributed by atoms with van der Waals surface area (Å²) in [6.07, 6.45) is 1.65. The summed E-state index contributed by atoms with van der Waals surface area (Å²) in [5.74, 6) is -0.928. The van der Waals surface area contributed by atoms with Crippen LogP contribution in [-0.2, 0) is 7.05 Å². The molecule has 54 valence electrons. The first-order chi connectivity index (χ1) is 4.61. The minimum Gasteiger partial charge on any atom is -0.477 e. The van der Waals surface area contributed by atoms with Crippen LogP contribution in [0.4, 0.5) is 0 Å². The predicted octanol–water partition coefficient (Wildman–Crippen LogP) is 1.01. The third-order valence-electron chi connectivity index (χ3n) is 1.21. The number of aromatic carboxylic acids is 1. The van der Waals surface area contributed by atoms with E-state index in [0.717, 1.165) is 0 Å². The van der Waals surface area contributed by atoms with E-state index in [4.69, 9.17) is 5.11 Å². The Morgan fingerprint density at radius 2 is 2.40 bits per heavy atom. The van der Waals surface area contributed by atoms with Gasteiger partial charge in [-0.1, -0.05) is 0 Å². The zero-order chi connectivity index (χ0) is 7.72. The Labute approximate surface area is 63.7 Å². The number of carboxylic acid groups (broad SMARTS) is 1. The number of hydrogen-bond acceptors (Lipinski definition) is 2. The quantitative estimate of drug-likeness (QED) is 0.597. The Morgan fingerprint density at radius 1 is 1.80 bits per heavy atom. The van der Waals surface area contributed by atoms with E-state index >= 15 is 0 Å². The van der Waals surface area contributed by atoms with Crippen LogP contribution < -0.4 is 0 Å². The molecule has 1 rings (SSSR count). The van der Waals surface area contributed by atoms with Crippen LogP contribution in [0.3, 0.4) is 0 Å². The van der Waals surface area contributed by atoms with E-state index in [1.807, 2.05) is 0 Å². The highest BCUT2D eigenvalue weighted by Gasteiger charge is 2.06. The Balaban J connectivity index is 3.15. The lowest BCUT2D eigenvalue weighted by atomic mass is 10.4. The van der Waals surface area contributed by atoms with Gasteiger partial charge in [0.2, 0.25) is 0 Å². The van der Waals surface area contributed by atoms with Crippen LogP contribution >= 0.6 is 12.6 Å². The standard InChI is InChI=1S/C6H7NO2S/c1-7-3-4(10)2-5(7)6(8)9/h2-3,10H,1H3,(H,8,9). The van der Waals surface area contributed by atoms with Crippen molar-refractivity contribution in [2.24, 2.45) is 7.05 Å². The smallest absolute Gasteiger partial charge is 0.352 e. The number of aromatic nitrogens is 1. The van der Waals surface area contributed by atoms with Crippen molar-refractivity contribution in [3.8, 4) is 0 Å². The molecule has 0 atom stereocenters. The summed E-state index contributed by atoms with van der Waals surface area (Å²) >= 11 is 3.99. The van der Waals surface area contributed by atoms with Crippen LogP contribution in [0.5, 0.6) is 0 Å². The molecule has 0 saturated carbocycles. The van der Waals surface area contributed by atoms with Gasteiger partial charge in [-0.25, -0.2) is 4.79 Å². The largest absolute Gasteiger partial charge is 0.477 e. The van der Waals surface area contributed by atoms with Gasteiger partial charge in [0.15, 0.2) is 0 Å². The van der Waals surface area contributed by atoms with Crippen molar-refractivity contribution in [2.75, 3.05) is 0 Å². The fourth-order valence-electron chi connectivity index (χ4n) is 0.760. The van der Waals surface area contributed by atoms with E-state index in [0.29, 0.717) is 4.90 Å². The molecule has 0 aromatic carbocycles. The summed E-state index contributed by atoms with van der Waals surface area (Å²) in [6.45, 7) is 0. The maximum absolute atomic E-state index is 10.4. The third-order valence-corrected chi connectivity index (χ3v) is 1.45. The van der Waals surface area contributed by atoms with Crippen molar-refractivity contribution >= 4 is 18.6 Å². The highest BCUT2D eigenvalue weighted by molar-refractivity contribution is 7.80. The van der Waals surface area contributed by atoms with E-state index in [-0.39, 0.29) is 5.69 Å². The van der Waals surface area contributed by atoms with E-state index in [1.165, 1.54) is 10.6 Å². The minimum atomic E-state index is -0.928. The normalized spacial score (nSPS) is 9.80. The van der Waals surface area contributed by atoms with Gasteiger partial charge in [-0.05, 0) is 6.07 Å². The SMILES string of the molecule is Cn1cc(S)cc1C(=O)O. The zero-order valence-electron chi connectivity index (χ0n) is 5.40. The first-order valence-corrected chi connectivity index (χ1v) is 3.14. The fourth-order valence-corrected chi connectivity index (χ4v) is 1.06. The Morgan fingerprint density at radius 3 is 2.60 bits per heavy atom. The van der Waals surface area contributed by atoms with Gasteiger partial charge < -0.3 is 9.67 Å². The van der Waals surface area contributed by atoms with Gasteiger partial charge in [0.05, 0.1) is 0 Å². The van der Waals surface area contributed by atoms with E-state index in [2.05, 4.69) is 12.6 Å². The molecule has 0 aliphatic carbocycles. The summed E-state index contributed by atoms with van der Waals surface area (Å²) in [7, 11) is 1.67. The maximum Gasteiger partial charge on any atom is 0.352 e. The molecule has 0 fully saturated rings. The molecule has 0 unspecified atom stereocenters. The number of nitrogens with zero attached hydrogens (tertiary/aromatic N) is 1. The molecule has 0 saturated heterocycles. The number of carbonyl (C=O) groups is 1. The third kappa shape index (κ3) is 1.16. The van der Waals surface area contributed by atoms with Crippen molar-refractivity contribution in [2.45, 2.75) is 4.90 Å². The summed E-state index contributed by atoms with van der Waals surface area (Å²) in [5, 5.41) is 8.52. The van der Waals surface area contributed by atoms with Crippen molar-refractivity contribution in [1.82, 2.24) is 4.57 Å². The van der Waals surface area contributed by atoms with Crippen LogP contribution in [-0.4, -0.2) is 15.6 Å². The molecule has 1 aromatic heterocycles. The van der Waals surface area contributed by atoms with Gasteiger partial charge in [0.25, 0.3) is 0 Å². The molecule has 0 aliphatic heterocycles. The molecule has 0 bridgehead atoms. The van der Waals surface area contributed by atoms with Crippen LogP contribution in [0.25, 0.3) is 0 Å².